The van der Waals surface area contributed by atoms with Crippen LogP contribution in [0.25, 0.3) is 0 Å². The number of H-pyrrole nitrogens is 1. The van der Waals surface area contributed by atoms with E-state index in [0.717, 1.165) is 0 Å². The lowest BCUT2D eigenvalue weighted by Gasteiger charge is -2.10. The van der Waals surface area contributed by atoms with Crippen molar-refractivity contribution >= 4 is 11.6 Å². The second kappa shape index (κ2) is 6.01. The number of aromatic amines is 1. The van der Waals surface area contributed by atoms with Gasteiger partial charge in [0, 0.05) is 13.3 Å². The maximum absolute atomic E-state index is 11.5. The highest BCUT2D eigenvalue weighted by Crippen LogP contribution is 2.27. The van der Waals surface area contributed by atoms with Gasteiger partial charge < -0.3 is 15.0 Å². The van der Waals surface area contributed by atoms with Crippen LogP contribution in [0.5, 0.6) is 11.6 Å². The van der Waals surface area contributed by atoms with Gasteiger partial charge in [0.1, 0.15) is 5.82 Å². The van der Waals surface area contributed by atoms with Crippen LogP contribution in [0.1, 0.15) is 19.7 Å². The SMILES string of the molecule is CCc1nc(Oc2ccccc2NC(C)=O)cc(=O)[nH]1. The number of benzene rings is 1. The minimum absolute atomic E-state index is 0.198. The van der Waals surface area contributed by atoms with Crippen LogP contribution >= 0.6 is 0 Å². The van der Waals surface area contributed by atoms with E-state index < -0.39 is 0 Å². The molecule has 0 atom stereocenters. The molecule has 0 spiro atoms. The highest BCUT2D eigenvalue weighted by molar-refractivity contribution is 5.90. The lowest BCUT2D eigenvalue weighted by Crippen LogP contribution is -2.11. The molecular formula is C14H15N3O3. The fraction of sp³-hybridized carbons (Fsp3) is 0.214. The summed E-state index contributed by atoms with van der Waals surface area (Å²) in [5.74, 6) is 0.977. The molecule has 0 radical (unpaired) electrons. The van der Waals surface area contributed by atoms with Crippen LogP contribution in [-0.4, -0.2) is 15.9 Å². The van der Waals surface area contributed by atoms with E-state index >= 15 is 0 Å². The monoisotopic (exact) mass is 273 g/mol. The number of carbonyl (C=O) groups excluding carboxylic acids is 1. The molecule has 0 aliphatic rings. The zero-order valence-corrected chi connectivity index (χ0v) is 11.3. The Labute approximate surface area is 115 Å². The molecule has 6 nitrogen and oxygen atoms in total. The van der Waals surface area contributed by atoms with Crippen LogP contribution in [-0.2, 0) is 11.2 Å². The second-order valence-electron chi connectivity index (χ2n) is 4.16. The third kappa shape index (κ3) is 3.44. The largest absolute Gasteiger partial charge is 0.437 e. The number of anilines is 1. The van der Waals surface area contributed by atoms with E-state index in [2.05, 4.69) is 15.3 Å². The topological polar surface area (TPSA) is 84.1 Å². The number of nitrogens with one attached hydrogen (secondary N) is 2. The second-order valence-corrected chi connectivity index (χ2v) is 4.16. The maximum atomic E-state index is 11.5. The summed E-state index contributed by atoms with van der Waals surface area (Å²) >= 11 is 0. The van der Waals surface area contributed by atoms with Gasteiger partial charge in [-0.3, -0.25) is 9.59 Å². The van der Waals surface area contributed by atoms with Gasteiger partial charge in [0.2, 0.25) is 11.8 Å². The number of hydrogen-bond donors (Lipinski definition) is 2. The summed E-state index contributed by atoms with van der Waals surface area (Å²) in [6.07, 6.45) is 0.597. The average molecular weight is 273 g/mol. The van der Waals surface area contributed by atoms with Gasteiger partial charge in [-0.15, -0.1) is 0 Å². The molecule has 0 saturated carbocycles. The number of rotatable bonds is 4. The van der Waals surface area contributed by atoms with Crippen molar-refractivity contribution in [1.29, 1.82) is 0 Å². The molecule has 6 heteroatoms. The fourth-order valence-corrected chi connectivity index (χ4v) is 1.66. The molecule has 0 saturated heterocycles. The third-order valence-corrected chi connectivity index (χ3v) is 2.51. The van der Waals surface area contributed by atoms with Gasteiger partial charge in [-0.25, -0.2) is 0 Å². The number of aryl methyl sites for hydroxylation is 1. The first-order valence-electron chi connectivity index (χ1n) is 6.23. The van der Waals surface area contributed by atoms with Crippen LogP contribution in [0.3, 0.4) is 0 Å². The molecule has 1 heterocycles. The molecule has 0 unspecified atom stereocenters. The maximum Gasteiger partial charge on any atom is 0.254 e. The van der Waals surface area contributed by atoms with Crippen molar-refractivity contribution in [3.05, 3.63) is 46.5 Å². The Hall–Kier alpha value is -2.63. The van der Waals surface area contributed by atoms with Gasteiger partial charge in [-0.1, -0.05) is 19.1 Å². The van der Waals surface area contributed by atoms with Gasteiger partial charge in [0.05, 0.1) is 11.8 Å². The van der Waals surface area contributed by atoms with E-state index in [9.17, 15) is 9.59 Å². The average Bonchev–Trinajstić information content (AvgIpc) is 2.39. The summed E-state index contributed by atoms with van der Waals surface area (Å²) in [6, 6.07) is 8.23. The minimum atomic E-state index is -0.274. The van der Waals surface area contributed by atoms with Gasteiger partial charge in [-0.2, -0.15) is 4.98 Å². The predicted molar refractivity (Wildman–Crippen MR) is 75.1 cm³/mol. The van der Waals surface area contributed by atoms with Crippen molar-refractivity contribution in [3.63, 3.8) is 0 Å². The van der Waals surface area contributed by atoms with Crippen LogP contribution in [0.15, 0.2) is 35.1 Å². The Balaban J connectivity index is 2.32. The molecule has 0 bridgehead atoms. The predicted octanol–water partition coefficient (Wildman–Crippen LogP) is 2.08. The summed E-state index contributed by atoms with van der Waals surface area (Å²) < 4.78 is 5.59. The van der Waals surface area contributed by atoms with Gasteiger partial charge >= 0.3 is 0 Å². The van der Waals surface area contributed by atoms with Crippen molar-refractivity contribution in [2.45, 2.75) is 20.3 Å². The summed E-state index contributed by atoms with van der Waals surface area (Å²) in [5.41, 5.74) is 0.254. The summed E-state index contributed by atoms with van der Waals surface area (Å²) in [7, 11) is 0. The Kier molecular flexibility index (Phi) is 4.14. The van der Waals surface area contributed by atoms with Crippen molar-refractivity contribution < 1.29 is 9.53 Å². The van der Waals surface area contributed by atoms with Crippen LogP contribution in [0.4, 0.5) is 5.69 Å². The molecule has 1 aromatic carbocycles. The quantitative estimate of drug-likeness (QED) is 0.893. The highest BCUT2D eigenvalue weighted by Gasteiger charge is 2.08. The fourth-order valence-electron chi connectivity index (χ4n) is 1.66. The number of hydrogen-bond acceptors (Lipinski definition) is 4. The normalized spacial score (nSPS) is 10.1. The van der Waals surface area contributed by atoms with Gasteiger partial charge in [0.15, 0.2) is 5.75 Å². The van der Waals surface area contributed by atoms with E-state index in [1.165, 1.54) is 13.0 Å². The molecule has 2 aromatic rings. The number of nitrogens with zero attached hydrogens (tertiary/aromatic N) is 1. The van der Waals surface area contributed by atoms with Gasteiger partial charge in [0.25, 0.3) is 5.56 Å². The van der Waals surface area contributed by atoms with Crippen LogP contribution < -0.4 is 15.6 Å². The standard InChI is InChI=1S/C14H15N3O3/c1-3-12-16-13(19)8-14(17-12)20-11-7-5-4-6-10(11)15-9(2)18/h4-8H,3H2,1-2H3,(H,15,18)(H,16,17,19). The van der Waals surface area contributed by atoms with Crippen LogP contribution in [0, 0.1) is 0 Å². The third-order valence-electron chi connectivity index (χ3n) is 2.51. The first-order valence-corrected chi connectivity index (χ1v) is 6.23. The lowest BCUT2D eigenvalue weighted by molar-refractivity contribution is -0.114. The minimum Gasteiger partial charge on any atom is -0.437 e. The highest BCUT2D eigenvalue weighted by atomic mass is 16.5. The number of carbonyl (C=O) groups is 1. The zero-order chi connectivity index (χ0) is 14.5. The molecule has 0 fully saturated rings. The summed E-state index contributed by atoms with van der Waals surface area (Å²) in [5, 5.41) is 2.66. The summed E-state index contributed by atoms with van der Waals surface area (Å²) in [4.78, 5) is 29.4. The Bertz CT molecular complexity index is 679. The van der Waals surface area contributed by atoms with E-state index in [-0.39, 0.29) is 17.3 Å². The van der Waals surface area contributed by atoms with Crippen molar-refractivity contribution in [2.75, 3.05) is 5.32 Å². The first kappa shape index (κ1) is 13.8. The number of para-hydroxylation sites is 2. The van der Waals surface area contributed by atoms with E-state index in [1.54, 1.807) is 24.3 Å². The van der Waals surface area contributed by atoms with Crippen molar-refractivity contribution in [1.82, 2.24) is 9.97 Å². The molecule has 1 aromatic heterocycles. The zero-order valence-electron chi connectivity index (χ0n) is 11.3. The number of aromatic nitrogens is 2. The van der Waals surface area contributed by atoms with E-state index in [0.29, 0.717) is 23.7 Å². The van der Waals surface area contributed by atoms with Crippen molar-refractivity contribution in [3.8, 4) is 11.6 Å². The smallest absolute Gasteiger partial charge is 0.254 e. The van der Waals surface area contributed by atoms with Crippen LogP contribution in [0.2, 0.25) is 0 Å². The summed E-state index contributed by atoms with van der Waals surface area (Å²) in [6.45, 7) is 3.30. The molecular weight excluding hydrogens is 258 g/mol. The molecule has 2 rings (SSSR count). The number of ether oxygens (including phenoxy) is 1. The molecule has 2 N–H and O–H groups in total. The Morgan fingerprint density at radius 3 is 2.85 bits per heavy atom. The van der Waals surface area contributed by atoms with E-state index in [4.69, 9.17) is 4.74 Å². The molecule has 1 amide bonds. The molecule has 0 aliphatic carbocycles. The Morgan fingerprint density at radius 2 is 2.15 bits per heavy atom. The lowest BCUT2D eigenvalue weighted by atomic mass is 10.3. The first-order chi connectivity index (χ1) is 9.58. The Morgan fingerprint density at radius 1 is 1.40 bits per heavy atom. The molecule has 104 valence electrons. The molecule has 20 heavy (non-hydrogen) atoms. The van der Waals surface area contributed by atoms with Gasteiger partial charge in [-0.05, 0) is 12.1 Å². The van der Waals surface area contributed by atoms with E-state index in [1.807, 2.05) is 6.92 Å². The molecule has 0 aliphatic heterocycles. The number of amides is 1. The van der Waals surface area contributed by atoms with Crippen molar-refractivity contribution in [2.24, 2.45) is 0 Å².